The zero-order chi connectivity index (χ0) is 43.7. The van der Waals surface area contributed by atoms with Gasteiger partial charge in [0.1, 0.15) is 6.10 Å². The minimum absolute atomic E-state index is 0.0932. The van der Waals surface area contributed by atoms with Crippen molar-refractivity contribution in [1.82, 2.24) is 0 Å². The third-order valence-corrected chi connectivity index (χ3v) is 11.7. The third kappa shape index (κ3) is 47.5. The molecule has 3 N–H and O–H groups in total. The van der Waals surface area contributed by atoms with Gasteiger partial charge < -0.3 is 20.1 Å². The number of hydrogen-bond acceptors (Lipinski definition) is 7. The van der Waals surface area contributed by atoms with E-state index in [1.165, 1.54) is 154 Å². The zero-order valence-corrected chi connectivity index (χ0v) is 40.1. The van der Waals surface area contributed by atoms with Crippen LogP contribution in [0.15, 0.2) is 48.6 Å². The maximum absolute atomic E-state index is 12.6. The molecule has 60 heavy (non-hydrogen) atoms. The number of phosphoric ester groups is 1. The summed E-state index contributed by atoms with van der Waals surface area (Å²) in [7, 11) is -4.29. The van der Waals surface area contributed by atoms with E-state index >= 15 is 0 Å². The number of nitrogens with two attached hydrogens (primary N) is 1. The van der Waals surface area contributed by atoms with E-state index in [9.17, 15) is 14.3 Å². The molecule has 0 aromatic carbocycles. The van der Waals surface area contributed by atoms with E-state index in [4.69, 9.17) is 24.3 Å². The van der Waals surface area contributed by atoms with Gasteiger partial charge >= 0.3 is 13.8 Å². The first-order chi connectivity index (χ1) is 29.4. The van der Waals surface area contributed by atoms with Crippen LogP contribution in [0.4, 0.5) is 0 Å². The van der Waals surface area contributed by atoms with E-state index in [-0.39, 0.29) is 38.8 Å². The second-order valence-corrected chi connectivity index (χ2v) is 18.1. The SMILES string of the molecule is CC/C=C\C/C=C\C/C=C\C/C=C\CCCCC(=O)OC(COCCCCCCCCCCCCCCCCCCCCCCCCCCCC)COP(=O)(O)OCCN. The van der Waals surface area contributed by atoms with Gasteiger partial charge in [-0.15, -0.1) is 0 Å². The highest BCUT2D eigenvalue weighted by Gasteiger charge is 2.25. The third-order valence-electron chi connectivity index (χ3n) is 10.8. The topological polar surface area (TPSA) is 117 Å². The van der Waals surface area contributed by atoms with Crippen LogP contribution in [0.3, 0.4) is 0 Å². The smallest absolute Gasteiger partial charge is 0.457 e. The van der Waals surface area contributed by atoms with Crippen LogP contribution in [0.25, 0.3) is 0 Å². The number of carbonyl (C=O) groups excluding carboxylic acids is 1. The first kappa shape index (κ1) is 58.5. The molecule has 0 saturated heterocycles. The van der Waals surface area contributed by atoms with Gasteiger partial charge in [0.05, 0.1) is 19.8 Å². The quantitative estimate of drug-likeness (QED) is 0.0269. The fourth-order valence-electron chi connectivity index (χ4n) is 7.11. The number of carbonyl (C=O) groups is 1. The Morgan fingerprint density at radius 1 is 0.517 bits per heavy atom. The number of unbranched alkanes of at least 4 members (excludes halogenated alkanes) is 27. The first-order valence-corrected chi connectivity index (χ1v) is 26.6. The highest BCUT2D eigenvalue weighted by Crippen LogP contribution is 2.43. The highest BCUT2D eigenvalue weighted by molar-refractivity contribution is 7.47. The molecule has 0 saturated carbocycles. The van der Waals surface area contributed by atoms with Crippen molar-refractivity contribution in [2.45, 2.75) is 238 Å². The number of phosphoric acid groups is 1. The minimum atomic E-state index is -4.29. The molecule has 352 valence electrons. The molecule has 0 fully saturated rings. The Morgan fingerprint density at radius 2 is 0.933 bits per heavy atom. The Labute approximate surface area is 371 Å². The van der Waals surface area contributed by atoms with Crippen LogP contribution >= 0.6 is 7.82 Å². The molecular weight excluding hydrogens is 770 g/mol. The Kier molecular flexibility index (Phi) is 47.2. The van der Waals surface area contributed by atoms with Crippen LogP contribution in [0.2, 0.25) is 0 Å². The average molecular weight is 866 g/mol. The molecule has 9 heteroatoms. The van der Waals surface area contributed by atoms with Crippen LogP contribution in [0, 0.1) is 0 Å². The number of hydrogen-bond donors (Lipinski definition) is 2. The summed E-state index contributed by atoms with van der Waals surface area (Å²) >= 11 is 0. The summed E-state index contributed by atoms with van der Waals surface area (Å²) in [5.41, 5.74) is 5.38. The van der Waals surface area contributed by atoms with Gasteiger partial charge in [0.15, 0.2) is 0 Å². The van der Waals surface area contributed by atoms with Crippen molar-refractivity contribution >= 4 is 13.8 Å². The maximum Gasteiger partial charge on any atom is 0.472 e. The standard InChI is InChI=1S/C51H96NO7P/c1-3-5-7-9-11-13-15-17-19-20-21-22-23-24-25-26-27-28-29-31-33-35-37-39-41-43-46-56-48-50(49-58-60(54,55)57-47-45-52)59-51(53)44-42-40-38-36-34-32-30-18-16-14-12-10-8-6-4-2/h6,8,12,14,18,30,34,36,50H,3-5,7,9-11,13,15-17,19-29,31-33,35,37-49,52H2,1-2H3,(H,54,55)/b8-6-,14-12-,30-18-,36-34-. The Morgan fingerprint density at radius 3 is 1.37 bits per heavy atom. The number of rotatable bonds is 48. The van der Waals surface area contributed by atoms with Gasteiger partial charge in [-0.2, -0.15) is 0 Å². The Balaban J connectivity index is 3.89. The van der Waals surface area contributed by atoms with Crippen molar-refractivity contribution in [2.24, 2.45) is 5.73 Å². The second-order valence-electron chi connectivity index (χ2n) is 16.7. The lowest BCUT2D eigenvalue weighted by Gasteiger charge is -2.20. The van der Waals surface area contributed by atoms with E-state index in [1.807, 2.05) is 0 Å². The number of allylic oxidation sites excluding steroid dienone is 8. The maximum atomic E-state index is 12.6. The molecule has 2 atom stereocenters. The van der Waals surface area contributed by atoms with Crippen molar-refractivity contribution in [3.8, 4) is 0 Å². The van der Waals surface area contributed by atoms with Gasteiger partial charge in [0.25, 0.3) is 0 Å². The largest absolute Gasteiger partial charge is 0.472 e. The summed E-state index contributed by atoms with van der Waals surface area (Å²) < 4.78 is 33.5. The summed E-state index contributed by atoms with van der Waals surface area (Å²) in [6.07, 6.45) is 58.8. The molecule has 0 aliphatic heterocycles. The number of esters is 1. The molecule has 0 aliphatic rings. The van der Waals surface area contributed by atoms with Gasteiger partial charge in [-0.05, 0) is 51.4 Å². The van der Waals surface area contributed by atoms with Crippen LogP contribution in [-0.4, -0.2) is 49.9 Å². The molecule has 0 rings (SSSR count). The Bertz CT molecular complexity index is 1060. The summed E-state index contributed by atoms with van der Waals surface area (Å²) in [5.74, 6) is -0.367. The molecular formula is C51H96NO7P. The fourth-order valence-corrected chi connectivity index (χ4v) is 7.87. The average Bonchev–Trinajstić information content (AvgIpc) is 3.24. The van der Waals surface area contributed by atoms with E-state index in [0.717, 1.165) is 51.4 Å². The summed E-state index contributed by atoms with van der Waals surface area (Å²) in [6.45, 7) is 4.78. The van der Waals surface area contributed by atoms with Crippen molar-refractivity contribution in [3.63, 3.8) is 0 Å². The van der Waals surface area contributed by atoms with E-state index < -0.39 is 13.9 Å². The predicted molar refractivity (Wildman–Crippen MR) is 256 cm³/mol. The van der Waals surface area contributed by atoms with Gasteiger partial charge in [-0.3, -0.25) is 13.8 Å². The van der Waals surface area contributed by atoms with Crippen molar-refractivity contribution in [3.05, 3.63) is 48.6 Å². The lowest BCUT2D eigenvalue weighted by Crippen LogP contribution is -2.28. The molecule has 0 spiro atoms. The lowest BCUT2D eigenvalue weighted by molar-refractivity contribution is -0.154. The van der Waals surface area contributed by atoms with Gasteiger partial charge in [0.2, 0.25) is 0 Å². The molecule has 0 aromatic heterocycles. The normalized spacial score (nSPS) is 13.7. The zero-order valence-electron chi connectivity index (χ0n) is 39.2. The number of ether oxygens (including phenoxy) is 2. The molecule has 0 bridgehead atoms. The molecule has 0 heterocycles. The van der Waals surface area contributed by atoms with Gasteiger partial charge in [-0.25, -0.2) is 4.57 Å². The van der Waals surface area contributed by atoms with Crippen LogP contribution in [0.1, 0.15) is 232 Å². The molecule has 0 amide bonds. The molecule has 2 unspecified atom stereocenters. The lowest BCUT2D eigenvalue weighted by atomic mass is 10.0. The first-order valence-electron chi connectivity index (χ1n) is 25.1. The van der Waals surface area contributed by atoms with Crippen LogP contribution in [0.5, 0.6) is 0 Å². The fraction of sp³-hybridized carbons (Fsp3) is 0.824. The van der Waals surface area contributed by atoms with E-state index in [0.29, 0.717) is 13.0 Å². The monoisotopic (exact) mass is 866 g/mol. The van der Waals surface area contributed by atoms with Crippen molar-refractivity contribution < 1.29 is 32.8 Å². The minimum Gasteiger partial charge on any atom is -0.457 e. The van der Waals surface area contributed by atoms with Crippen LogP contribution < -0.4 is 5.73 Å². The summed E-state index contributed by atoms with van der Waals surface area (Å²) in [6, 6.07) is 0. The summed E-state index contributed by atoms with van der Waals surface area (Å²) in [4.78, 5) is 22.5. The van der Waals surface area contributed by atoms with Crippen LogP contribution in [-0.2, 0) is 27.9 Å². The molecule has 8 nitrogen and oxygen atoms in total. The van der Waals surface area contributed by atoms with Crippen molar-refractivity contribution in [2.75, 3.05) is 33.0 Å². The molecule has 0 aliphatic carbocycles. The Hall–Kier alpha value is -1.54. The second kappa shape index (κ2) is 48.5. The highest BCUT2D eigenvalue weighted by atomic mass is 31.2. The molecule has 0 aromatic rings. The molecule has 0 radical (unpaired) electrons. The summed E-state index contributed by atoms with van der Waals surface area (Å²) in [5, 5.41) is 0. The van der Waals surface area contributed by atoms with Crippen molar-refractivity contribution in [1.29, 1.82) is 0 Å². The predicted octanol–water partition coefficient (Wildman–Crippen LogP) is 15.5. The van der Waals surface area contributed by atoms with E-state index in [1.54, 1.807) is 0 Å². The van der Waals surface area contributed by atoms with Gasteiger partial charge in [0, 0.05) is 19.6 Å². The van der Waals surface area contributed by atoms with Gasteiger partial charge in [-0.1, -0.05) is 223 Å². The van der Waals surface area contributed by atoms with E-state index in [2.05, 4.69) is 62.5 Å².